The van der Waals surface area contributed by atoms with E-state index in [0.717, 1.165) is 5.56 Å². The second-order valence-electron chi connectivity index (χ2n) is 9.74. The number of ether oxygens (including phenoxy) is 1. The minimum Gasteiger partial charge on any atom is -0.444 e. The minimum absolute atomic E-state index is 0.0000981. The van der Waals surface area contributed by atoms with Crippen LogP contribution in [0.4, 0.5) is 10.5 Å². The molecule has 0 spiro atoms. The summed E-state index contributed by atoms with van der Waals surface area (Å²) in [4.78, 5) is 32.1. The van der Waals surface area contributed by atoms with Gasteiger partial charge in [0.05, 0.1) is 28.3 Å². The molecule has 0 radical (unpaired) electrons. The molecule has 8 nitrogen and oxygen atoms in total. The van der Waals surface area contributed by atoms with Gasteiger partial charge in [-0.15, -0.1) is 0 Å². The highest BCUT2D eigenvalue weighted by atomic mass is 35.5. The number of amides is 2. The van der Waals surface area contributed by atoms with Gasteiger partial charge in [-0.05, 0) is 38.5 Å². The molecule has 2 aliphatic rings. The molecule has 2 aromatic rings. The lowest BCUT2D eigenvalue weighted by molar-refractivity contribution is -0.119. The maximum absolute atomic E-state index is 13.5. The first-order valence-electron chi connectivity index (χ1n) is 11.5. The van der Waals surface area contributed by atoms with Crippen molar-refractivity contribution in [2.45, 2.75) is 50.1 Å². The summed E-state index contributed by atoms with van der Waals surface area (Å²) < 4.78 is 30.0. The summed E-state index contributed by atoms with van der Waals surface area (Å²) in [5.74, 6) is -0.612. The van der Waals surface area contributed by atoms with E-state index in [4.69, 9.17) is 16.3 Å². The van der Waals surface area contributed by atoms with Crippen LogP contribution in [-0.2, 0) is 25.8 Å². The first kappa shape index (κ1) is 26.5. The maximum atomic E-state index is 13.5. The number of carbonyl (C=O) groups excluding carboxylic acids is 2. The SMILES string of the molecule is CC(C)(C)OC(=O)NC(Cc1ccccc1)C(=O)N=C1SC2CS(=O)(=O)CC2N1c1ccccc1Cl. The van der Waals surface area contributed by atoms with Crippen molar-refractivity contribution in [3.63, 3.8) is 0 Å². The van der Waals surface area contributed by atoms with E-state index in [1.165, 1.54) is 11.8 Å². The number of hydrogen-bond donors (Lipinski definition) is 1. The van der Waals surface area contributed by atoms with Crippen molar-refractivity contribution in [1.29, 1.82) is 0 Å². The van der Waals surface area contributed by atoms with Crippen molar-refractivity contribution in [3.05, 3.63) is 65.2 Å². The molecule has 3 atom stereocenters. The van der Waals surface area contributed by atoms with E-state index in [1.807, 2.05) is 30.3 Å². The van der Waals surface area contributed by atoms with Gasteiger partial charge >= 0.3 is 6.09 Å². The molecule has 2 fully saturated rings. The molecule has 2 aliphatic heterocycles. The van der Waals surface area contributed by atoms with Crippen LogP contribution < -0.4 is 10.2 Å². The Morgan fingerprint density at radius 1 is 1.14 bits per heavy atom. The molecule has 0 saturated carbocycles. The standard InChI is InChI=1S/C25H28ClN3O5S2/c1-25(2,3)34-24(31)27-18(13-16-9-5-4-6-10-16)22(30)28-23-29(19-12-8-7-11-17(19)26)20-14-36(32,33)15-21(20)35-23/h4-12,18,20-21H,13-15H2,1-3H3,(H,27,31). The summed E-state index contributed by atoms with van der Waals surface area (Å²) in [6.45, 7) is 5.22. The molecule has 192 valence electrons. The first-order valence-corrected chi connectivity index (χ1v) is 14.6. The molecule has 0 aliphatic carbocycles. The fraction of sp³-hybridized carbons (Fsp3) is 0.400. The molecule has 0 aromatic heterocycles. The van der Waals surface area contributed by atoms with Gasteiger partial charge in [0.15, 0.2) is 15.0 Å². The summed E-state index contributed by atoms with van der Waals surface area (Å²) in [5.41, 5.74) is 0.696. The lowest BCUT2D eigenvalue weighted by Gasteiger charge is -2.26. The molecule has 36 heavy (non-hydrogen) atoms. The number of nitrogens with one attached hydrogen (secondary N) is 1. The zero-order valence-corrected chi connectivity index (χ0v) is 22.6. The third-order valence-corrected chi connectivity index (χ3v) is 9.19. The quantitative estimate of drug-likeness (QED) is 0.599. The van der Waals surface area contributed by atoms with Gasteiger partial charge in [0.1, 0.15) is 11.6 Å². The van der Waals surface area contributed by atoms with Crippen LogP contribution in [0.5, 0.6) is 0 Å². The zero-order chi connectivity index (χ0) is 26.1. The number of alkyl carbamates (subject to hydrolysis) is 1. The fourth-order valence-corrected chi connectivity index (χ4v) is 8.30. The number of carbonyl (C=O) groups is 2. The predicted molar refractivity (Wildman–Crippen MR) is 143 cm³/mol. The Bertz CT molecular complexity index is 1280. The lowest BCUT2D eigenvalue weighted by Crippen LogP contribution is -2.45. The van der Waals surface area contributed by atoms with Crippen LogP contribution in [0.15, 0.2) is 59.6 Å². The number of nitrogens with zero attached hydrogens (tertiary/aromatic N) is 2. The number of amidine groups is 1. The van der Waals surface area contributed by atoms with Gasteiger partial charge in [-0.1, -0.05) is 65.8 Å². The van der Waals surface area contributed by atoms with E-state index in [1.54, 1.807) is 49.9 Å². The van der Waals surface area contributed by atoms with E-state index >= 15 is 0 Å². The number of anilines is 1. The van der Waals surface area contributed by atoms with Gasteiger partial charge in [0.2, 0.25) is 0 Å². The van der Waals surface area contributed by atoms with E-state index in [-0.39, 0.29) is 23.2 Å². The number of para-hydroxylation sites is 1. The molecule has 2 heterocycles. The van der Waals surface area contributed by atoms with Crippen molar-refractivity contribution in [1.82, 2.24) is 5.32 Å². The first-order chi connectivity index (χ1) is 16.9. The number of hydrogen-bond acceptors (Lipinski definition) is 6. The third kappa shape index (κ3) is 6.41. The topological polar surface area (TPSA) is 105 Å². The second kappa shape index (κ2) is 10.4. The molecule has 3 unspecified atom stereocenters. The Kier molecular flexibility index (Phi) is 7.68. The number of halogens is 1. The number of rotatable bonds is 5. The Morgan fingerprint density at radius 3 is 2.47 bits per heavy atom. The van der Waals surface area contributed by atoms with Crippen molar-refractivity contribution < 1.29 is 22.7 Å². The molecule has 2 saturated heterocycles. The van der Waals surface area contributed by atoms with Gasteiger partial charge in [0.25, 0.3) is 5.91 Å². The minimum atomic E-state index is -3.22. The summed E-state index contributed by atoms with van der Waals surface area (Å²) in [7, 11) is -3.22. The molecular weight excluding hydrogens is 522 g/mol. The molecule has 2 aromatic carbocycles. The van der Waals surface area contributed by atoms with E-state index in [2.05, 4.69) is 10.3 Å². The van der Waals surface area contributed by atoms with Crippen LogP contribution in [-0.4, -0.2) is 60.0 Å². The van der Waals surface area contributed by atoms with Gasteiger partial charge in [0, 0.05) is 11.7 Å². The van der Waals surface area contributed by atoms with Gasteiger partial charge in [-0.25, -0.2) is 13.2 Å². The Morgan fingerprint density at radius 2 is 1.81 bits per heavy atom. The van der Waals surface area contributed by atoms with E-state index in [0.29, 0.717) is 15.9 Å². The highest BCUT2D eigenvalue weighted by molar-refractivity contribution is 8.16. The van der Waals surface area contributed by atoms with Crippen molar-refractivity contribution >= 4 is 56.1 Å². The normalized spacial score (nSPS) is 22.8. The fourth-order valence-electron chi connectivity index (χ4n) is 4.17. The Hall–Kier alpha value is -2.56. The highest BCUT2D eigenvalue weighted by Gasteiger charge is 2.50. The molecule has 2 amide bonds. The van der Waals surface area contributed by atoms with Crippen LogP contribution in [0.2, 0.25) is 5.02 Å². The summed E-state index contributed by atoms with van der Waals surface area (Å²) in [5, 5.41) is 3.17. The summed E-state index contributed by atoms with van der Waals surface area (Å²) in [6.07, 6.45) is -0.504. The number of aliphatic imine (C=N–C) groups is 1. The number of benzene rings is 2. The lowest BCUT2D eigenvalue weighted by atomic mass is 10.1. The van der Waals surface area contributed by atoms with Gasteiger partial charge in [-0.3, -0.25) is 4.79 Å². The summed E-state index contributed by atoms with van der Waals surface area (Å²) in [6, 6.07) is 15.0. The van der Waals surface area contributed by atoms with E-state index < -0.39 is 39.5 Å². The smallest absolute Gasteiger partial charge is 0.408 e. The predicted octanol–water partition coefficient (Wildman–Crippen LogP) is 4.08. The maximum Gasteiger partial charge on any atom is 0.408 e. The zero-order valence-electron chi connectivity index (χ0n) is 20.2. The van der Waals surface area contributed by atoms with Crippen molar-refractivity contribution in [3.8, 4) is 0 Å². The highest BCUT2D eigenvalue weighted by Crippen LogP contribution is 2.43. The van der Waals surface area contributed by atoms with Crippen molar-refractivity contribution in [2.24, 2.45) is 4.99 Å². The largest absolute Gasteiger partial charge is 0.444 e. The molecule has 0 bridgehead atoms. The number of sulfone groups is 1. The number of thioether (sulfide) groups is 1. The third-order valence-electron chi connectivity index (χ3n) is 5.66. The van der Waals surface area contributed by atoms with Crippen LogP contribution in [0.1, 0.15) is 26.3 Å². The van der Waals surface area contributed by atoms with Crippen LogP contribution in [0.25, 0.3) is 0 Å². The average Bonchev–Trinajstić information content (AvgIpc) is 3.24. The van der Waals surface area contributed by atoms with Crippen LogP contribution in [0.3, 0.4) is 0 Å². The molecule has 4 rings (SSSR count). The monoisotopic (exact) mass is 549 g/mol. The Labute approximate surface area is 220 Å². The second-order valence-corrected chi connectivity index (χ2v) is 13.5. The van der Waals surface area contributed by atoms with Gasteiger partial charge < -0.3 is 15.0 Å². The van der Waals surface area contributed by atoms with Crippen LogP contribution >= 0.6 is 23.4 Å². The summed E-state index contributed by atoms with van der Waals surface area (Å²) >= 11 is 7.70. The van der Waals surface area contributed by atoms with Crippen LogP contribution in [0, 0.1) is 0 Å². The average molecular weight is 550 g/mol. The molecule has 11 heteroatoms. The van der Waals surface area contributed by atoms with E-state index in [9.17, 15) is 18.0 Å². The Balaban J connectivity index is 1.66. The molecular formula is C25H28ClN3O5S2. The van der Waals surface area contributed by atoms with Gasteiger partial charge in [-0.2, -0.15) is 4.99 Å². The van der Waals surface area contributed by atoms with Crippen molar-refractivity contribution in [2.75, 3.05) is 16.4 Å². The molecule has 1 N–H and O–H groups in total. The number of fused-ring (bicyclic) bond motifs is 1.